The van der Waals surface area contributed by atoms with Crippen molar-refractivity contribution in [1.29, 1.82) is 0 Å². The molecule has 0 spiro atoms. The molecule has 2 N–H and O–H groups in total. The van der Waals surface area contributed by atoms with Crippen molar-refractivity contribution in [3.8, 4) is 0 Å². The molecule has 0 saturated heterocycles. The van der Waals surface area contributed by atoms with Gasteiger partial charge in [-0.3, -0.25) is 0 Å². The van der Waals surface area contributed by atoms with E-state index in [9.17, 15) is 13.2 Å². The Balaban J connectivity index is 2.59. The average molecular weight is 354 g/mol. The van der Waals surface area contributed by atoms with Crippen molar-refractivity contribution < 1.29 is 17.9 Å². The number of rotatable bonds is 7. The van der Waals surface area contributed by atoms with Crippen LogP contribution in [0.15, 0.2) is 28.7 Å². The van der Waals surface area contributed by atoms with Crippen molar-refractivity contribution in [2.24, 2.45) is 5.73 Å². The number of hydrogen-bond donors (Lipinski definition) is 1. The van der Waals surface area contributed by atoms with Gasteiger partial charge in [-0.15, -0.1) is 0 Å². The van der Waals surface area contributed by atoms with E-state index in [-0.39, 0.29) is 25.2 Å². The van der Waals surface area contributed by atoms with Gasteiger partial charge >= 0.3 is 6.18 Å². The summed E-state index contributed by atoms with van der Waals surface area (Å²) >= 11 is 3.34. The van der Waals surface area contributed by atoms with Gasteiger partial charge in [0.05, 0.1) is 6.10 Å². The van der Waals surface area contributed by atoms with Crippen molar-refractivity contribution in [2.75, 3.05) is 6.61 Å². The molecule has 6 heteroatoms. The molecule has 1 aromatic rings. The molecule has 20 heavy (non-hydrogen) atoms. The molecule has 0 aromatic heterocycles. The highest BCUT2D eigenvalue weighted by molar-refractivity contribution is 9.10. The van der Waals surface area contributed by atoms with E-state index in [2.05, 4.69) is 15.9 Å². The predicted molar refractivity (Wildman–Crippen MR) is 76.4 cm³/mol. The van der Waals surface area contributed by atoms with Crippen LogP contribution in [0.4, 0.5) is 13.2 Å². The standard InChI is InChI=1S/C14H19BrF3NO/c1-2-12(19)13(10-4-6-11(15)7-5-10)20-9-3-8-14(16,17)18/h4-7,12-13H,2-3,8-9,19H2,1H3. The van der Waals surface area contributed by atoms with E-state index >= 15 is 0 Å². The van der Waals surface area contributed by atoms with Gasteiger partial charge < -0.3 is 10.5 Å². The van der Waals surface area contributed by atoms with E-state index in [0.29, 0.717) is 6.42 Å². The lowest BCUT2D eigenvalue weighted by molar-refractivity contribution is -0.139. The van der Waals surface area contributed by atoms with Gasteiger partial charge in [0, 0.05) is 23.5 Å². The maximum Gasteiger partial charge on any atom is 0.389 e. The van der Waals surface area contributed by atoms with Crippen LogP contribution in [-0.4, -0.2) is 18.8 Å². The molecule has 1 aromatic carbocycles. The highest BCUT2D eigenvalue weighted by Crippen LogP contribution is 2.26. The maximum atomic E-state index is 12.1. The Kier molecular flexibility index (Phi) is 6.99. The van der Waals surface area contributed by atoms with Crippen LogP contribution in [0, 0.1) is 0 Å². The van der Waals surface area contributed by atoms with E-state index in [1.54, 1.807) is 0 Å². The lowest BCUT2D eigenvalue weighted by Gasteiger charge is -2.24. The fourth-order valence-electron chi connectivity index (χ4n) is 1.82. The van der Waals surface area contributed by atoms with Gasteiger partial charge in [-0.2, -0.15) is 13.2 Å². The first-order valence-corrected chi connectivity index (χ1v) is 7.32. The second kappa shape index (κ2) is 8.00. The molecule has 0 heterocycles. The summed E-state index contributed by atoms with van der Waals surface area (Å²) in [5, 5.41) is 0. The van der Waals surface area contributed by atoms with Crippen LogP contribution in [0.25, 0.3) is 0 Å². The molecule has 2 atom stereocenters. The molecule has 2 nitrogen and oxygen atoms in total. The van der Waals surface area contributed by atoms with Crippen LogP contribution in [0.3, 0.4) is 0 Å². The van der Waals surface area contributed by atoms with Gasteiger partial charge in [-0.1, -0.05) is 35.0 Å². The minimum absolute atomic E-state index is 0.0486. The average Bonchev–Trinajstić information content (AvgIpc) is 2.38. The van der Waals surface area contributed by atoms with E-state index in [1.807, 2.05) is 31.2 Å². The molecule has 0 fully saturated rings. The first-order valence-electron chi connectivity index (χ1n) is 6.53. The fourth-order valence-corrected chi connectivity index (χ4v) is 2.08. The third-order valence-electron chi connectivity index (χ3n) is 2.96. The van der Waals surface area contributed by atoms with Crippen LogP contribution in [0.1, 0.15) is 37.9 Å². The monoisotopic (exact) mass is 353 g/mol. The molecule has 0 aliphatic rings. The summed E-state index contributed by atoms with van der Waals surface area (Å²) in [6.45, 7) is 1.98. The second-order valence-corrected chi connectivity index (χ2v) is 5.55. The van der Waals surface area contributed by atoms with Crippen molar-refractivity contribution in [1.82, 2.24) is 0 Å². The summed E-state index contributed by atoms with van der Waals surface area (Å²) in [5.41, 5.74) is 6.88. The third kappa shape index (κ3) is 6.24. The molecule has 2 unspecified atom stereocenters. The number of nitrogens with two attached hydrogens (primary N) is 1. The van der Waals surface area contributed by atoms with Gasteiger partial charge in [0.1, 0.15) is 0 Å². The normalized spacial score (nSPS) is 15.1. The summed E-state index contributed by atoms with van der Waals surface area (Å²) in [7, 11) is 0. The van der Waals surface area contributed by atoms with Gasteiger partial charge in [0.25, 0.3) is 0 Å². The molecule has 114 valence electrons. The predicted octanol–water partition coefficient (Wildman–Crippen LogP) is 4.59. The van der Waals surface area contributed by atoms with Crippen LogP contribution < -0.4 is 5.73 Å². The van der Waals surface area contributed by atoms with Crippen molar-refractivity contribution in [2.45, 2.75) is 44.5 Å². The molecule has 0 amide bonds. The van der Waals surface area contributed by atoms with E-state index in [0.717, 1.165) is 10.0 Å². The molecule has 0 aliphatic heterocycles. The lowest BCUT2D eigenvalue weighted by atomic mass is 10.0. The second-order valence-electron chi connectivity index (χ2n) is 4.63. The Morgan fingerprint density at radius 2 is 1.85 bits per heavy atom. The van der Waals surface area contributed by atoms with E-state index in [1.165, 1.54) is 0 Å². The van der Waals surface area contributed by atoms with E-state index < -0.39 is 12.6 Å². The van der Waals surface area contributed by atoms with Gasteiger partial charge in [-0.05, 0) is 30.5 Å². The largest absolute Gasteiger partial charge is 0.389 e. The lowest BCUT2D eigenvalue weighted by Crippen LogP contribution is -2.30. The number of benzene rings is 1. The van der Waals surface area contributed by atoms with E-state index in [4.69, 9.17) is 10.5 Å². The van der Waals surface area contributed by atoms with Gasteiger partial charge in [0.2, 0.25) is 0 Å². The summed E-state index contributed by atoms with van der Waals surface area (Å²) in [6, 6.07) is 7.23. The van der Waals surface area contributed by atoms with Gasteiger partial charge in [-0.25, -0.2) is 0 Å². The van der Waals surface area contributed by atoms with Crippen LogP contribution in [0.5, 0.6) is 0 Å². The molecule has 1 rings (SSSR count). The Bertz CT molecular complexity index is 394. The highest BCUT2D eigenvalue weighted by Gasteiger charge is 2.26. The Hall–Kier alpha value is -0.590. The highest BCUT2D eigenvalue weighted by atomic mass is 79.9. The third-order valence-corrected chi connectivity index (χ3v) is 3.49. The number of ether oxygens (including phenoxy) is 1. The minimum Gasteiger partial charge on any atom is -0.372 e. The zero-order valence-corrected chi connectivity index (χ0v) is 12.9. The molecular weight excluding hydrogens is 335 g/mol. The maximum absolute atomic E-state index is 12.1. The van der Waals surface area contributed by atoms with Crippen molar-refractivity contribution >= 4 is 15.9 Å². The topological polar surface area (TPSA) is 35.2 Å². The van der Waals surface area contributed by atoms with Crippen LogP contribution in [-0.2, 0) is 4.74 Å². The Morgan fingerprint density at radius 3 is 2.35 bits per heavy atom. The summed E-state index contributed by atoms with van der Waals surface area (Å²) in [4.78, 5) is 0. The first-order chi connectivity index (χ1) is 9.33. The summed E-state index contributed by atoms with van der Waals surface area (Å²) in [5.74, 6) is 0. The zero-order chi connectivity index (χ0) is 15.2. The van der Waals surface area contributed by atoms with Crippen LogP contribution >= 0.6 is 15.9 Å². The zero-order valence-electron chi connectivity index (χ0n) is 11.3. The first kappa shape index (κ1) is 17.5. The molecular formula is C14H19BrF3NO. The smallest absolute Gasteiger partial charge is 0.372 e. The van der Waals surface area contributed by atoms with Gasteiger partial charge in [0.15, 0.2) is 0 Å². The quantitative estimate of drug-likeness (QED) is 0.727. The number of hydrogen-bond acceptors (Lipinski definition) is 2. The van der Waals surface area contributed by atoms with Crippen molar-refractivity contribution in [3.05, 3.63) is 34.3 Å². The molecule has 0 radical (unpaired) electrons. The summed E-state index contributed by atoms with van der Waals surface area (Å²) < 4.78 is 42.8. The summed E-state index contributed by atoms with van der Waals surface area (Å²) in [6.07, 6.45) is -4.70. The Morgan fingerprint density at radius 1 is 1.25 bits per heavy atom. The Labute approximate surface area is 125 Å². The fraction of sp³-hybridized carbons (Fsp3) is 0.571. The minimum atomic E-state index is -4.14. The molecule has 0 bridgehead atoms. The number of halogens is 4. The SMILES string of the molecule is CCC(N)C(OCCCC(F)(F)F)c1ccc(Br)cc1. The van der Waals surface area contributed by atoms with Crippen LogP contribution in [0.2, 0.25) is 0 Å². The molecule has 0 saturated carbocycles. The number of alkyl halides is 3. The van der Waals surface area contributed by atoms with Crippen molar-refractivity contribution in [3.63, 3.8) is 0 Å². The molecule has 0 aliphatic carbocycles.